The number of hydrogen-bond donors (Lipinski definition) is 2. The van der Waals surface area contributed by atoms with Crippen LogP contribution in [0.4, 0.5) is 5.69 Å². The first kappa shape index (κ1) is 18.0. The number of benzene rings is 2. The molecule has 0 bridgehead atoms. The molecule has 134 valence electrons. The van der Waals surface area contributed by atoms with E-state index in [0.29, 0.717) is 16.3 Å². The van der Waals surface area contributed by atoms with Gasteiger partial charge in [-0.2, -0.15) is 0 Å². The maximum atomic E-state index is 12.4. The van der Waals surface area contributed by atoms with Gasteiger partial charge in [0.25, 0.3) is 15.9 Å². The summed E-state index contributed by atoms with van der Waals surface area (Å²) in [4.78, 5) is 12.1. The zero-order valence-corrected chi connectivity index (χ0v) is 15.0. The largest absolute Gasteiger partial charge is 0.467 e. The Labute approximate surface area is 155 Å². The zero-order valence-electron chi connectivity index (χ0n) is 13.5. The lowest BCUT2D eigenvalue weighted by Gasteiger charge is -2.10. The molecule has 1 amide bonds. The Morgan fingerprint density at radius 3 is 2.38 bits per heavy atom. The van der Waals surface area contributed by atoms with E-state index in [2.05, 4.69) is 10.0 Å². The van der Waals surface area contributed by atoms with Crippen molar-refractivity contribution < 1.29 is 17.6 Å². The van der Waals surface area contributed by atoms with Crippen molar-refractivity contribution in [3.63, 3.8) is 0 Å². The van der Waals surface area contributed by atoms with Crippen LogP contribution in [0.15, 0.2) is 76.2 Å². The van der Waals surface area contributed by atoms with E-state index in [4.69, 9.17) is 16.0 Å². The molecule has 2 N–H and O–H groups in total. The highest BCUT2D eigenvalue weighted by Gasteiger charge is 2.16. The van der Waals surface area contributed by atoms with Crippen molar-refractivity contribution in [3.8, 4) is 0 Å². The number of anilines is 1. The number of nitrogens with one attached hydrogen (secondary N) is 2. The van der Waals surface area contributed by atoms with Crippen LogP contribution in [0.5, 0.6) is 0 Å². The van der Waals surface area contributed by atoms with Gasteiger partial charge in [-0.15, -0.1) is 0 Å². The van der Waals surface area contributed by atoms with Crippen LogP contribution >= 0.6 is 11.6 Å². The van der Waals surface area contributed by atoms with Gasteiger partial charge in [-0.05, 0) is 48.5 Å². The molecular formula is C18H15ClN2O4S. The summed E-state index contributed by atoms with van der Waals surface area (Å²) in [6.07, 6.45) is 1.52. The second-order valence-electron chi connectivity index (χ2n) is 5.37. The van der Waals surface area contributed by atoms with Gasteiger partial charge in [0.15, 0.2) is 0 Å². The Morgan fingerprint density at radius 1 is 1.00 bits per heavy atom. The number of carbonyl (C=O) groups is 1. The lowest BCUT2D eigenvalue weighted by Crippen LogP contribution is -2.22. The van der Waals surface area contributed by atoms with E-state index in [-0.39, 0.29) is 23.0 Å². The number of para-hydroxylation sites is 1. The van der Waals surface area contributed by atoms with Crippen LogP contribution in [0, 0.1) is 0 Å². The van der Waals surface area contributed by atoms with Crippen molar-refractivity contribution in [2.45, 2.75) is 11.4 Å². The van der Waals surface area contributed by atoms with Gasteiger partial charge in [-0.1, -0.05) is 23.7 Å². The van der Waals surface area contributed by atoms with Crippen molar-refractivity contribution in [2.75, 3.05) is 4.72 Å². The predicted octanol–water partition coefficient (Wildman–Crippen LogP) is 3.66. The lowest BCUT2D eigenvalue weighted by molar-refractivity contribution is 0.0948. The van der Waals surface area contributed by atoms with Gasteiger partial charge in [-0.25, -0.2) is 8.42 Å². The summed E-state index contributed by atoms with van der Waals surface area (Å²) in [5.41, 5.74) is 0.627. The lowest BCUT2D eigenvalue weighted by atomic mass is 10.2. The van der Waals surface area contributed by atoms with Crippen LogP contribution in [-0.2, 0) is 16.6 Å². The van der Waals surface area contributed by atoms with Gasteiger partial charge in [0, 0.05) is 5.56 Å². The number of amides is 1. The average Bonchev–Trinajstić information content (AvgIpc) is 3.15. The molecule has 0 radical (unpaired) electrons. The minimum Gasteiger partial charge on any atom is -0.467 e. The van der Waals surface area contributed by atoms with Gasteiger partial charge in [0.1, 0.15) is 5.76 Å². The Kier molecular flexibility index (Phi) is 5.29. The molecule has 0 aliphatic carbocycles. The first-order chi connectivity index (χ1) is 12.5. The van der Waals surface area contributed by atoms with E-state index in [1.807, 2.05) is 0 Å². The molecule has 0 aliphatic heterocycles. The number of furan rings is 1. The molecule has 0 atom stereocenters. The topological polar surface area (TPSA) is 88.4 Å². The van der Waals surface area contributed by atoms with E-state index in [9.17, 15) is 13.2 Å². The highest BCUT2D eigenvalue weighted by molar-refractivity contribution is 7.92. The summed E-state index contributed by atoms with van der Waals surface area (Å²) >= 11 is 5.97. The van der Waals surface area contributed by atoms with Crippen molar-refractivity contribution >= 4 is 33.2 Å². The molecule has 0 spiro atoms. The fraction of sp³-hybridized carbons (Fsp3) is 0.0556. The van der Waals surface area contributed by atoms with Crippen molar-refractivity contribution in [1.82, 2.24) is 5.32 Å². The van der Waals surface area contributed by atoms with E-state index in [1.54, 1.807) is 36.4 Å². The molecule has 0 aliphatic rings. The number of hydrogen-bond acceptors (Lipinski definition) is 4. The highest BCUT2D eigenvalue weighted by atomic mass is 35.5. The maximum Gasteiger partial charge on any atom is 0.261 e. The van der Waals surface area contributed by atoms with E-state index >= 15 is 0 Å². The van der Waals surface area contributed by atoms with E-state index in [1.165, 1.54) is 30.5 Å². The molecule has 6 nitrogen and oxygen atoms in total. The fourth-order valence-corrected chi connectivity index (χ4v) is 3.53. The van der Waals surface area contributed by atoms with Gasteiger partial charge >= 0.3 is 0 Å². The summed E-state index contributed by atoms with van der Waals surface area (Å²) in [7, 11) is -3.81. The number of halogens is 1. The second-order valence-corrected chi connectivity index (χ2v) is 7.46. The number of carbonyl (C=O) groups excluding carboxylic acids is 1. The predicted molar refractivity (Wildman–Crippen MR) is 98.6 cm³/mol. The third kappa shape index (κ3) is 4.25. The molecule has 3 rings (SSSR count). The van der Waals surface area contributed by atoms with Crippen molar-refractivity contribution in [2.24, 2.45) is 0 Å². The minimum atomic E-state index is -3.81. The summed E-state index contributed by atoms with van der Waals surface area (Å²) in [5, 5.41) is 2.99. The number of sulfonamides is 1. The van der Waals surface area contributed by atoms with Gasteiger partial charge < -0.3 is 9.73 Å². The highest BCUT2D eigenvalue weighted by Crippen LogP contribution is 2.24. The van der Waals surface area contributed by atoms with Crippen LogP contribution < -0.4 is 10.0 Å². The molecule has 2 aromatic carbocycles. The Hall–Kier alpha value is -2.77. The first-order valence-corrected chi connectivity index (χ1v) is 9.50. The van der Waals surface area contributed by atoms with Gasteiger partial charge in [0.05, 0.1) is 28.4 Å². The van der Waals surface area contributed by atoms with Crippen molar-refractivity contribution in [1.29, 1.82) is 0 Å². The van der Waals surface area contributed by atoms with Crippen LogP contribution in [0.3, 0.4) is 0 Å². The fourth-order valence-electron chi connectivity index (χ4n) is 2.22. The summed E-state index contributed by atoms with van der Waals surface area (Å²) in [5.74, 6) is 0.297. The summed E-state index contributed by atoms with van der Waals surface area (Å²) < 4.78 is 32.4. The molecule has 1 heterocycles. The SMILES string of the molecule is O=C(NCc1ccco1)c1ccc(S(=O)(=O)Nc2ccccc2Cl)cc1. The number of rotatable bonds is 6. The smallest absolute Gasteiger partial charge is 0.261 e. The Morgan fingerprint density at radius 2 is 1.73 bits per heavy atom. The van der Waals surface area contributed by atoms with Crippen LogP contribution in [0.2, 0.25) is 5.02 Å². The summed E-state index contributed by atoms with van der Waals surface area (Å²) in [6.45, 7) is 0.250. The Balaban J connectivity index is 1.70. The standard InChI is InChI=1S/C18H15ClN2O4S/c19-16-5-1-2-6-17(16)21-26(23,24)15-9-7-13(8-10-15)18(22)20-12-14-4-3-11-25-14/h1-11,21H,12H2,(H,20,22). The van der Waals surface area contributed by atoms with E-state index in [0.717, 1.165) is 0 Å². The zero-order chi connectivity index (χ0) is 18.6. The van der Waals surface area contributed by atoms with Crippen LogP contribution in [0.25, 0.3) is 0 Å². The third-order valence-corrected chi connectivity index (χ3v) is 5.26. The molecule has 8 heteroatoms. The monoisotopic (exact) mass is 390 g/mol. The maximum absolute atomic E-state index is 12.4. The molecule has 26 heavy (non-hydrogen) atoms. The molecule has 0 saturated heterocycles. The molecule has 0 unspecified atom stereocenters. The van der Waals surface area contributed by atoms with Crippen molar-refractivity contribution in [3.05, 3.63) is 83.3 Å². The van der Waals surface area contributed by atoms with Crippen LogP contribution in [0.1, 0.15) is 16.1 Å². The van der Waals surface area contributed by atoms with Gasteiger partial charge in [-0.3, -0.25) is 9.52 Å². The molecular weight excluding hydrogens is 376 g/mol. The average molecular weight is 391 g/mol. The Bertz CT molecular complexity index is 1000. The first-order valence-electron chi connectivity index (χ1n) is 7.64. The second kappa shape index (κ2) is 7.63. The van der Waals surface area contributed by atoms with Crippen LogP contribution in [-0.4, -0.2) is 14.3 Å². The summed E-state index contributed by atoms with van der Waals surface area (Å²) in [6, 6.07) is 15.6. The molecule has 1 aromatic heterocycles. The minimum absolute atomic E-state index is 0.0278. The quantitative estimate of drug-likeness (QED) is 0.672. The van der Waals surface area contributed by atoms with Gasteiger partial charge in [0.2, 0.25) is 0 Å². The third-order valence-electron chi connectivity index (χ3n) is 3.55. The molecule has 3 aromatic rings. The normalized spacial score (nSPS) is 11.1. The molecule has 0 saturated carbocycles. The molecule has 0 fully saturated rings. The van der Waals surface area contributed by atoms with E-state index < -0.39 is 10.0 Å².